The molecular weight excluding hydrogens is 777 g/mol. The highest BCUT2D eigenvalue weighted by molar-refractivity contribution is 5.90. The fourth-order valence-corrected chi connectivity index (χ4v) is 6.80. The number of carbonyl (C=O) groups excluding carboxylic acids is 3. The quantitative estimate of drug-likeness (QED) is 0.0783. The van der Waals surface area contributed by atoms with Gasteiger partial charge in [-0.3, -0.25) is 4.79 Å². The van der Waals surface area contributed by atoms with Crippen molar-refractivity contribution in [3.8, 4) is 0 Å². The molecule has 0 unspecified atom stereocenters. The first-order chi connectivity index (χ1) is 29.5. The second-order valence-electron chi connectivity index (χ2n) is 15.8. The fourth-order valence-electron chi connectivity index (χ4n) is 6.80. The van der Waals surface area contributed by atoms with Crippen molar-refractivity contribution in [1.29, 1.82) is 0 Å². The highest BCUT2D eigenvalue weighted by atomic mass is 16.7. The number of rotatable bonds is 18. The molecule has 6 atom stereocenters. The Hall–Kier alpha value is -5.89. The molecule has 1 aliphatic heterocycles. The number of hydrogen-bond donors (Lipinski definition) is 3. The number of nitrogens with one attached hydrogen (secondary N) is 2. The predicted molar refractivity (Wildman–Crippen MR) is 228 cm³/mol. The lowest BCUT2D eigenvalue weighted by Gasteiger charge is -2.45. The van der Waals surface area contributed by atoms with Crippen molar-refractivity contribution < 1.29 is 47.9 Å². The smallest absolute Gasteiger partial charge is 0.408 e. The SMILES string of the molecule is CC(C)(C)OC(=O)N[C@@H](Cc1cccc(C(=O)OCc2ccccc2)c1)C(=O)N[C@@H]1[C@@H](OCc2ccccc2)[C@H](OCc2ccccc2)[C@@H](COCc2ccccc2)O[C@H]1O. The molecule has 0 aromatic heterocycles. The average Bonchev–Trinajstić information content (AvgIpc) is 3.26. The van der Waals surface area contributed by atoms with Crippen LogP contribution in [0.4, 0.5) is 4.79 Å². The zero-order valence-corrected chi connectivity index (χ0v) is 34.7. The zero-order valence-electron chi connectivity index (χ0n) is 34.7. The van der Waals surface area contributed by atoms with Crippen molar-refractivity contribution >= 4 is 18.0 Å². The molecule has 0 bridgehead atoms. The normalized spacial score (nSPS) is 19.3. The molecule has 2 amide bonds. The van der Waals surface area contributed by atoms with Gasteiger partial charge in [0.1, 0.15) is 42.6 Å². The molecule has 5 aromatic rings. The van der Waals surface area contributed by atoms with Gasteiger partial charge in [0.05, 0.1) is 32.0 Å². The molecule has 12 nitrogen and oxygen atoms in total. The molecule has 5 aromatic carbocycles. The summed E-state index contributed by atoms with van der Waals surface area (Å²) in [6.07, 6.45) is -5.07. The minimum absolute atomic E-state index is 0.0459. The van der Waals surface area contributed by atoms with Crippen LogP contribution in [0.1, 0.15) is 58.9 Å². The van der Waals surface area contributed by atoms with Crippen LogP contribution in [0.15, 0.2) is 146 Å². The minimum atomic E-state index is -1.57. The Morgan fingerprint density at radius 3 is 1.72 bits per heavy atom. The Bertz CT molecular complexity index is 2120. The third-order valence-electron chi connectivity index (χ3n) is 9.76. The summed E-state index contributed by atoms with van der Waals surface area (Å²) in [6.45, 7) is 5.88. The molecule has 0 aliphatic carbocycles. The number of hydrogen-bond acceptors (Lipinski definition) is 10. The van der Waals surface area contributed by atoms with Gasteiger partial charge in [-0.2, -0.15) is 0 Å². The summed E-state index contributed by atoms with van der Waals surface area (Å²) >= 11 is 0. The van der Waals surface area contributed by atoms with Crippen molar-refractivity contribution in [2.45, 2.75) is 95.9 Å². The van der Waals surface area contributed by atoms with Gasteiger partial charge in [0.25, 0.3) is 0 Å². The van der Waals surface area contributed by atoms with Gasteiger partial charge in [0, 0.05) is 6.42 Å². The van der Waals surface area contributed by atoms with Crippen LogP contribution < -0.4 is 10.6 Å². The van der Waals surface area contributed by atoms with E-state index in [1.54, 1.807) is 45.0 Å². The van der Waals surface area contributed by atoms with Crippen LogP contribution in [0.25, 0.3) is 0 Å². The standard InChI is InChI=1S/C49H54N2O10/c1-49(2,3)61-48(55)50-40(28-38-25-16-26-39(27-38)46(53)59-32-37-23-14-7-15-24-37)45(52)51-42-44(58-31-36-21-12-6-13-22-36)43(57-30-35-19-10-5-11-20-35)41(60-47(42)54)33-56-29-34-17-8-4-9-18-34/h4-27,40-44,47,54H,28-33H2,1-3H3,(H,50,55)(H,51,52)/t40-,41+,42+,43+,44+,47+/m0/s1. The number of aliphatic hydroxyl groups is 1. The van der Waals surface area contributed by atoms with Crippen molar-refractivity contribution in [2.75, 3.05) is 6.61 Å². The molecule has 0 spiro atoms. The molecular formula is C49H54N2O10. The van der Waals surface area contributed by atoms with Crippen LogP contribution in [0, 0.1) is 0 Å². The van der Waals surface area contributed by atoms with Crippen molar-refractivity contribution in [3.63, 3.8) is 0 Å². The van der Waals surface area contributed by atoms with Crippen molar-refractivity contribution in [1.82, 2.24) is 10.6 Å². The highest BCUT2D eigenvalue weighted by Crippen LogP contribution is 2.28. The molecule has 6 rings (SSSR count). The molecule has 1 heterocycles. The first kappa shape index (κ1) is 44.7. The lowest BCUT2D eigenvalue weighted by atomic mass is 9.95. The maximum Gasteiger partial charge on any atom is 0.408 e. The van der Waals surface area contributed by atoms with Crippen LogP contribution in [-0.4, -0.2) is 72.0 Å². The summed E-state index contributed by atoms with van der Waals surface area (Å²) < 4.78 is 36.6. The summed E-state index contributed by atoms with van der Waals surface area (Å²) in [7, 11) is 0. The van der Waals surface area contributed by atoms with E-state index in [2.05, 4.69) is 10.6 Å². The van der Waals surface area contributed by atoms with E-state index < -0.39 is 60.3 Å². The van der Waals surface area contributed by atoms with E-state index >= 15 is 0 Å². The Labute approximate surface area is 357 Å². The summed E-state index contributed by atoms with van der Waals surface area (Å²) in [5, 5.41) is 17.3. The molecule has 61 heavy (non-hydrogen) atoms. The Kier molecular flexibility index (Phi) is 16.2. The van der Waals surface area contributed by atoms with Gasteiger partial charge >= 0.3 is 12.1 Å². The maximum absolute atomic E-state index is 14.5. The second kappa shape index (κ2) is 22.1. The second-order valence-corrected chi connectivity index (χ2v) is 15.8. The van der Waals surface area contributed by atoms with E-state index in [4.69, 9.17) is 28.4 Å². The number of alkyl carbamates (subject to hydrolysis) is 1. The summed E-state index contributed by atoms with van der Waals surface area (Å²) in [4.78, 5) is 40.8. The summed E-state index contributed by atoms with van der Waals surface area (Å²) in [5.41, 5.74) is 3.52. The molecule has 12 heteroatoms. The van der Waals surface area contributed by atoms with Crippen LogP contribution in [0.5, 0.6) is 0 Å². The van der Waals surface area contributed by atoms with Crippen molar-refractivity contribution in [2.24, 2.45) is 0 Å². The number of esters is 1. The third-order valence-corrected chi connectivity index (χ3v) is 9.76. The third kappa shape index (κ3) is 14.1. The van der Waals surface area contributed by atoms with Gasteiger partial charge in [-0.1, -0.05) is 133 Å². The van der Waals surface area contributed by atoms with Crippen LogP contribution in [-0.2, 0) is 66.1 Å². The van der Waals surface area contributed by atoms with Crippen molar-refractivity contribution in [3.05, 3.63) is 179 Å². The van der Waals surface area contributed by atoms with E-state index in [-0.39, 0.29) is 38.4 Å². The van der Waals surface area contributed by atoms with E-state index in [9.17, 15) is 19.5 Å². The van der Waals surface area contributed by atoms with Gasteiger partial charge in [0.2, 0.25) is 5.91 Å². The molecule has 320 valence electrons. The monoisotopic (exact) mass is 830 g/mol. The van der Waals surface area contributed by atoms with Crippen LogP contribution >= 0.6 is 0 Å². The van der Waals surface area contributed by atoms with E-state index in [1.165, 1.54) is 0 Å². The largest absolute Gasteiger partial charge is 0.457 e. The molecule has 1 fully saturated rings. The first-order valence-electron chi connectivity index (χ1n) is 20.4. The molecule has 3 N–H and O–H groups in total. The number of ether oxygens (including phenoxy) is 6. The molecule has 1 aliphatic rings. The lowest BCUT2D eigenvalue weighted by molar-refractivity contribution is -0.278. The maximum atomic E-state index is 14.5. The van der Waals surface area contributed by atoms with E-state index in [1.807, 2.05) is 121 Å². The Morgan fingerprint density at radius 1 is 0.656 bits per heavy atom. The summed E-state index contributed by atoms with van der Waals surface area (Å²) in [6, 6.07) is 42.4. The van der Waals surface area contributed by atoms with Gasteiger partial charge in [0.15, 0.2) is 6.29 Å². The lowest BCUT2D eigenvalue weighted by Crippen LogP contribution is -2.67. The van der Waals surface area contributed by atoms with Gasteiger partial charge in [-0.25, -0.2) is 9.59 Å². The molecule has 0 saturated carbocycles. The van der Waals surface area contributed by atoms with E-state index in [0.717, 1.165) is 22.3 Å². The Balaban J connectivity index is 1.25. The predicted octanol–water partition coefficient (Wildman–Crippen LogP) is 7.07. The minimum Gasteiger partial charge on any atom is -0.457 e. The number of carbonyl (C=O) groups is 3. The fraction of sp³-hybridized carbons (Fsp3) is 0.327. The average molecular weight is 831 g/mol. The first-order valence-corrected chi connectivity index (χ1v) is 20.4. The molecule has 1 saturated heterocycles. The number of amides is 2. The van der Waals surface area contributed by atoms with Gasteiger partial charge in [-0.15, -0.1) is 0 Å². The van der Waals surface area contributed by atoms with E-state index in [0.29, 0.717) is 12.2 Å². The number of benzene rings is 5. The molecule has 0 radical (unpaired) electrons. The van der Waals surface area contributed by atoms with Gasteiger partial charge in [-0.05, 0) is 60.7 Å². The summed E-state index contributed by atoms with van der Waals surface area (Å²) in [5.74, 6) is -1.21. The highest BCUT2D eigenvalue weighted by Gasteiger charge is 2.48. The topological polar surface area (TPSA) is 151 Å². The zero-order chi connectivity index (χ0) is 43.0. The Morgan fingerprint density at radius 2 is 1.16 bits per heavy atom. The van der Waals surface area contributed by atoms with Crippen LogP contribution in [0.2, 0.25) is 0 Å². The van der Waals surface area contributed by atoms with Crippen LogP contribution in [0.3, 0.4) is 0 Å². The van der Waals surface area contributed by atoms with Gasteiger partial charge < -0.3 is 44.2 Å². The number of aliphatic hydroxyl groups excluding tert-OH is 1.